The van der Waals surface area contributed by atoms with Gasteiger partial charge in [-0.25, -0.2) is 0 Å². The number of rotatable bonds is 5. The fraction of sp³-hybridized carbons (Fsp3) is 0.312. The number of alkyl halides is 3. The van der Waals surface area contributed by atoms with Gasteiger partial charge in [-0.1, -0.05) is 79.7 Å². The first-order chi connectivity index (χ1) is 19.1. The number of Topliss-reactive ketones (excluding diaryl/α,β-unsaturated/α-hetero) is 1. The Morgan fingerprint density at radius 2 is 1.45 bits per heavy atom. The van der Waals surface area contributed by atoms with Gasteiger partial charge in [0, 0.05) is 54.7 Å². The summed E-state index contributed by atoms with van der Waals surface area (Å²) >= 11 is -0.111. The maximum absolute atomic E-state index is 12.4. The normalized spacial score (nSPS) is 17.7. The summed E-state index contributed by atoms with van der Waals surface area (Å²) in [6.45, 7) is 5.57. The predicted molar refractivity (Wildman–Crippen MR) is 157 cm³/mol. The van der Waals surface area contributed by atoms with E-state index in [1.807, 2.05) is 6.92 Å². The largest absolute Gasteiger partial charge is 0.446 e. The third-order valence-corrected chi connectivity index (χ3v) is 8.09. The number of ketones is 1. The molecule has 40 heavy (non-hydrogen) atoms. The van der Waals surface area contributed by atoms with E-state index in [1.54, 1.807) is 19.2 Å². The summed E-state index contributed by atoms with van der Waals surface area (Å²) in [5.74, 6) is 1.28. The Hall–Kier alpha value is -3.36. The molecule has 0 saturated heterocycles. The lowest BCUT2D eigenvalue weighted by molar-refractivity contribution is -0.115. The predicted octanol–water partition coefficient (Wildman–Crippen LogP) is 7.75. The molecule has 0 fully saturated rings. The van der Waals surface area contributed by atoms with E-state index < -0.39 is 5.51 Å². The Labute approximate surface area is 238 Å². The summed E-state index contributed by atoms with van der Waals surface area (Å²) in [6, 6.07) is 27.7. The molecule has 8 heteroatoms. The number of hydrogen-bond acceptors (Lipinski definition) is 4. The van der Waals surface area contributed by atoms with Crippen LogP contribution in [0.5, 0.6) is 0 Å². The average Bonchev–Trinajstić information content (AvgIpc) is 2.97. The molecule has 0 aliphatic carbocycles. The Bertz CT molecular complexity index is 1300. The van der Waals surface area contributed by atoms with Crippen molar-refractivity contribution in [2.24, 2.45) is 4.99 Å². The van der Waals surface area contributed by atoms with Crippen LogP contribution in [0.15, 0.2) is 106 Å². The molecule has 0 radical (unpaired) electrons. The zero-order chi connectivity index (χ0) is 28.7. The third kappa shape index (κ3) is 7.86. The second-order valence-corrected chi connectivity index (χ2v) is 11.0. The highest BCUT2D eigenvalue weighted by Crippen LogP contribution is 2.37. The smallest absolute Gasteiger partial charge is 0.347 e. The second-order valence-electron chi connectivity index (χ2n) is 9.91. The van der Waals surface area contributed by atoms with Crippen molar-refractivity contribution in [2.45, 2.75) is 49.1 Å². The van der Waals surface area contributed by atoms with Crippen molar-refractivity contribution < 1.29 is 18.0 Å². The molecule has 2 heterocycles. The van der Waals surface area contributed by atoms with Crippen molar-refractivity contribution in [1.29, 1.82) is 0 Å². The molecule has 0 saturated carbocycles. The van der Waals surface area contributed by atoms with Crippen molar-refractivity contribution in [3.05, 3.63) is 113 Å². The number of carbonyl (C=O) groups is 1. The van der Waals surface area contributed by atoms with Crippen molar-refractivity contribution in [3.8, 4) is 0 Å². The minimum atomic E-state index is -4.28. The number of benzene rings is 3. The quantitative estimate of drug-likeness (QED) is 0.321. The van der Waals surface area contributed by atoms with Gasteiger partial charge in [0.1, 0.15) is 5.84 Å². The van der Waals surface area contributed by atoms with E-state index in [0.717, 1.165) is 29.8 Å². The number of amidine groups is 1. The molecule has 0 spiro atoms. The van der Waals surface area contributed by atoms with Crippen LogP contribution in [0.25, 0.3) is 0 Å². The van der Waals surface area contributed by atoms with Gasteiger partial charge in [0.05, 0.1) is 6.42 Å². The van der Waals surface area contributed by atoms with E-state index >= 15 is 0 Å². The fourth-order valence-corrected chi connectivity index (χ4v) is 5.50. The number of thioether (sulfide) groups is 1. The SMILES string of the molecule is CC(c1ccccc1)c1ccccc1.CN=C1CC(=O)C2=C(CCN(C(C)c3ccc(SC(F)(F)F)cc3)C2)N1. The topological polar surface area (TPSA) is 44.7 Å². The monoisotopic (exact) mass is 565 g/mol. The second kappa shape index (κ2) is 13.3. The fourth-order valence-electron chi connectivity index (χ4n) is 4.96. The highest BCUT2D eigenvalue weighted by atomic mass is 32.2. The molecule has 2 aliphatic rings. The highest BCUT2D eigenvalue weighted by molar-refractivity contribution is 8.00. The molecular formula is C32H34F3N3OS. The Morgan fingerprint density at radius 1 is 0.875 bits per heavy atom. The summed E-state index contributed by atoms with van der Waals surface area (Å²) in [5, 5.41) is 3.24. The molecule has 0 aromatic heterocycles. The van der Waals surface area contributed by atoms with Crippen LogP contribution in [0, 0.1) is 0 Å². The Balaban J connectivity index is 0.000000222. The van der Waals surface area contributed by atoms with Crippen molar-refractivity contribution in [2.75, 3.05) is 20.1 Å². The first-order valence-corrected chi connectivity index (χ1v) is 14.1. The molecule has 1 N–H and O–H groups in total. The van der Waals surface area contributed by atoms with Gasteiger partial charge in [0.2, 0.25) is 0 Å². The number of aliphatic imine (C=N–C) groups is 1. The number of nitrogens with zero attached hydrogens (tertiary/aromatic N) is 2. The number of hydrogen-bond donors (Lipinski definition) is 1. The van der Waals surface area contributed by atoms with Crippen LogP contribution >= 0.6 is 11.8 Å². The molecule has 0 bridgehead atoms. The summed E-state index contributed by atoms with van der Waals surface area (Å²) in [7, 11) is 1.67. The Morgan fingerprint density at radius 3 is 1.98 bits per heavy atom. The van der Waals surface area contributed by atoms with Gasteiger partial charge < -0.3 is 5.32 Å². The molecular weight excluding hydrogens is 531 g/mol. The standard InChI is InChI=1S/C18H20F3N3OS.C14H14/c1-11(12-3-5-13(6-4-12)26-18(19,20)21)24-8-7-15-14(10-24)16(25)9-17(22-2)23-15;1-12(13-8-4-2-5-9-13)14-10-6-3-7-11-14/h3-6,11H,7-10H2,1-2H3,(H,22,23);2-12H,1H3. The van der Waals surface area contributed by atoms with Crippen molar-refractivity contribution in [1.82, 2.24) is 10.2 Å². The maximum Gasteiger partial charge on any atom is 0.446 e. The van der Waals surface area contributed by atoms with E-state index in [4.69, 9.17) is 0 Å². The number of carbonyl (C=O) groups excluding carboxylic acids is 1. The first-order valence-electron chi connectivity index (χ1n) is 13.3. The molecule has 1 atom stereocenters. The zero-order valence-corrected chi connectivity index (χ0v) is 23.7. The first kappa shape index (κ1) is 29.6. The molecule has 0 amide bonds. The summed E-state index contributed by atoms with van der Waals surface area (Å²) < 4.78 is 37.3. The molecule has 3 aromatic carbocycles. The van der Waals surface area contributed by atoms with Crippen LogP contribution in [0.3, 0.4) is 0 Å². The zero-order valence-electron chi connectivity index (χ0n) is 22.9. The van der Waals surface area contributed by atoms with Gasteiger partial charge in [-0.15, -0.1) is 0 Å². The van der Waals surface area contributed by atoms with E-state index in [1.165, 1.54) is 23.3 Å². The van der Waals surface area contributed by atoms with E-state index in [0.29, 0.717) is 24.7 Å². The van der Waals surface area contributed by atoms with Gasteiger partial charge in [-0.2, -0.15) is 13.2 Å². The Kier molecular flexibility index (Phi) is 9.87. The maximum atomic E-state index is 12.4. The van der Waals surface area contributed by atoms with Crippen LogP contribution in [0.1, 0.15) is 55.3 Å². The molecule has 4 nitrogen and oxygen atoms in total. The number of halogens is 3. The molecule has 3 aromatic rings. The van der Waals surface area contributed by atoms with Crippen molar-refractivity contribution >= 4 is 23.4 Å². The molecule has 5 rings (SSSR count). The van der Waals surface area contributed by atoms with E-state index in [-0.39, 0.29) is 28.5 Å². The van der Waals surface area contributed by atoms with E-state index in [2.05, 4.69) is 82.8 Å². The van der Waals surface area contributed by atoms with Gasteiger partial charge >= 0.3 is 5.51 Å². The van der Waals surface area contributed by atoms with Gasteiger partial charge in [0.15, 0.2) is 5.78 Å². The third-order valence-electron chi connectivity index (χ3n) is 7.35. The van der Waals surface area contributed by atoms with Gasteiger partial charge in [-0.05, 0) is 47.5 Å². The van der Waals surface area contributed by atoms with Crippen molar-refractivity contribution in [3.63, 3.8) is 0 Å². The summed E-state index contributed by atoms with van der Waals surface area (Å²) in [5.41, 5.74) is 1.14. The molecule has 210 valence electrons. The summed E-state index contributed by atoms with van der Waals surface area (Å²) in [4.78, 5) is 18.8. The van der Waals surface area contributed by atoms with Crippen LogP contribution < -0.4 is 5.32 Å². The van der Waals surface area contributed by atoms with E-state index in [9.17, 15) is 18.0 Å². The van der Waals surface area contributed by atoms with Crippen LogP contribution in [-0.2, 0) is 4.79 Å². The lowest BCUT2D eigenvalue weighted by Crippen LogP contribution is -2.43. The molecule has 2 aliphatic heterocycles. The molecule has 1 unspecified atom stereocenters. The summed E-state index contributed by atoms with van der Waals surface area (Å²) in [6.07, 6.45) is 1.02. The number of nitrogens with one attached hydrogen (secondary N) is 1. The lowest BCUT2D eigenvalue weighted by atomic mass is 9.93. The van der Waals surface area contributed by atoms with Gasteiger partial charge in [0.25, 0.3) is 0 Å². The van der Waals surface area contributed by atoms with Gasteiger partial charge in [-0.3, -0.25) is 14.7 Å². The minimum Gasteiger partial charge on any atom is -0.347 e. The van der Waals surface area contributed by atoms with Crippen LogP contribution in [0.2, 0.25) is 0 Å². The minimum absolute atomic E-state index is 0.0167. The van der Waals surface area contributed by atoms with Crippen LogP contribution in [-0.4, -0.2) is 42.2 Å². The average molecular weight is 566 g/mol. The highest BCUT2D eigenvalue weighted by Gasteiger charge is 2.32. The lowest BCUT2D eigenvalue weighted by Gasteiger charge is -2.37. The van der Waals surface area contributed by atoms with Crippen LogP contribution in [0.4, 0.5) is 13.2 Å².